The number of carbonyl (C=O) groups excluding carboxylic acids is 2. The van der Waals surface area contributed by atoms with Crippen LogP contribution in [-0.4, -0.2) is 134 Å². The van der Waals surface area contributed by atoms with Gasteiger partial charge in [-0.2, -0.15) is 0 Å². The molecule has 1 saturated heterocycles. The summed E-state index contributed by atoms with van der Waals surface area (Å²) in [6, 6.07) is 8.30. The standard InChI is InChI=1S/C51H77NO11/c1-7-9-10-11-12-13-14-15-16-17-18-19-20-21-22-26-29-38(54)63-51-39-35(31-49(57,46(61-6)44(51)55)45(39)62-47(56)34-27-24-23-25-28-34)50-37(59-4)30-36(53)48(33-58-3)32-52(8-2)43(50)40(51)41(60-5)42(48)50/h13-16,23-25,27-28,35-37,39-46,53,55,57H,7-12,17-22,26,29-33H2,1-6H3/b14-13-,16-15-/t35-,36?,37+,39-,40+,41+,42-,43-,44+,45-,46+,48+,49+,50+,51-/m1/s1. The summed E-state index contributed by atoms with van der Waals surface area (Å²) in [7, 11) is 6.40. The quantitative estimate of drug-likeness (QED) is 0.0567. The van der Waals surface area contributed by atoms with Gasteiger partial charge in [0.2, 0.25) is 0 Å². The number of benzene rings is 1. The monoisotopic (exact) mass is 880 g/mol. The minimum Gasteiger partial charge on any atom is -0.455 e. The number of allylic oxidation sites excluding steroid dienone is 4. The molecule has 7 bridgehead atoms. The average molecular weight is 880 g/mol. The maximum atomic E-state index is 14.6. The predicted molar refractivity (Wildman–Crippen MR) is 239 cm³/mol. The number of hydrogen-bond acceptors (Lipinski definition) is 12. The van der Waals surface area contributed by atoms with E-state index in [2.05, 4.69) is 43.1 Å². The highest BCUT2D eigenvalue weighted by molar-refractivity contribution is 5.89. The molecule has 7 rings (SSSR count). The third kappa shape index (κ3) is 7.98. The lowest BCUT2D eigenvalue weighted by Gasteiger charge is -2.70. The van der Waals surface area contributed by atoms with E-state index in [-0.39, 0.29) is 31.4 Å². The summed E-state index contributed by atoms with van der Waals surface area (Å²) >= 11 is 0. The molecule has 5 aliphatic carbocycles. The Balaban J connectivity index is 1.17. The van der Waals surface area contributed by atoms with Gasteiger partial charge in [0.05, 0.1) is 30.5 Å². The van der Waals surface area contributed by atoms with E-state index >= 15 is 0 Å². The molecule has 6 fully saturated rings. The normalized spacial score (nSPS) is 39.9. The average Bonchev–Trinajstić information content (AvgIpc) is 3.66. The zero-order valence-corrected chi connectivity index (χ0v) is 38.8. The fourth-order valence-corrected chi connectivity index (χ4v) is 14.6. The number of aliphatic hydroxyl groups is 3. The molecule has 12 nitrogen and oxygen atoms in total. The molecule has 6 aliphatic rings. The van der Waals surface area contributed by atoms with Crippen molar-refractivity contribution in [1.29, 1.82) is 0 Å². The number of fused-ring (bicyclic) bond motifs is 2. The van der Waals surface area contributed by atoms with E-state index < -0.39 is 88.3 Å². The van der Waals surface area contributed by atoms with Gasteiger partial charge < -0.3 is 43.7 Å². The number of ether oxygens (including phenoxy) is 6. The molecule has 1 heterocycles. The number of likely N-dealkylation sites (tertiary alicyclic amines) is 1. The predicted octanol–water partition coefficient (Wildman–Crippen LogP) is 6.83. The maximum absolute atomic E-state index is 14.6. The summed E-state index contributed by atoms with van der Waals surface area (Å²) in [6.07, 6.45) is 16.6. The van der Waals surface area contributed by atoms with Crippen molar-refractivity contribution in [3.63, 3.8) is 0 Å². The first-order chi connectivity index (χ1) is 30.5. The number of rotatable bonds is 24. The van der Waals surface area contributed by atoms with Gasteiger partial charge in [0.15, 0.2) is 5.60 Å². The number of nitrogens with zero attached hydrogens (tertiary/aromatic N) is 1. The molecule has 63 heavy (non-hydrogen) atoms. The van der Waals surface area contributed by atoms with Crippen molar-refractivity contribution in [2.24, 2.45) is 34.5 Å². The Morgan fingerprint density at radius 3 is 2.11 bits per heavy atom. The van der Waals surface area contributed by atoms with Crippen molar-refractivity contribution in [2.75, 3.05) is 48.1 Å². The summed E-state index contributed by atoms with van der Waals surface area (Å²) in [5.41, 5.74) is -4.86. The first-order valence-electron chi connectivity index (χ1n) is 24.2. The summed E-state index contributed by atoms with van der Waals surface area (Å²) in [5.74, 6) is -3.52. The molecule has 1 aromatic rings. The van der Waals surface area contributed by atoms with Gasteiger partial charge in [-0.05, 0) is 63.1 Å². The number of hydrogen-bond donors (Lipinski definition) is 3. The van der Waals surface area contributed by atoms with Crippen molar-refractivity contribution in [2.45, 2.75) is 164 Å². The van der Waals surface area contributed by atoms with Crippen molar-refractivity contribution in [1.82, 2.24) is 4.90 Å². The first-order valence-corrected chi connectivity index (χ1v) is 24.2. The number of unbranched alkanes of at least 4 members (excludes halogenated alkanes) is 10. The fraction of sp³-hybridized carbons (Fsp3) is 0.765. The van der Waals surface area contributed by atoms with E-state index in [0.29, 0.717) is 31.5 Å². The number of methoxy groups -OCH3 is 4. The molecule has 0 amide bonds. The lowest BCUT2D eigenvalue weighted by Crippen LogP contribution is -2.81. The highest BCUT2D eigenvalue weighted by atomic mass is 16.6. The van der Waals surface area contributed by atoms with Gasteiger partial charge in [-0.3, -0.25) is 9.69 Å². The molecular weight excluding hydrogens is 803 g/mol. The number of aliphatic hydroxyl groups excluding tert-OH is 2. The lowest BCUT2D eigenvalue weighted by molar-refractivity contribution is -0.323. The second-order valence-electron chi connectivity index (χ2n) is 19.7. The number of esters is 2. The minimum atomic E-state index is -1.85. The zero-order valence-electron chi connectivity index (χ0n) is 38.8. The Morgan fingerprint density at radius 1 is 0.825 bits per heavy atom. The van der Waals surface area contributed by atoms with Crippen LogP contribution in [0.3, 0.4) is 0 Å². The van der Waals surface area contributed by atoms with E-state index in [1.807, 2.05) is 6.07 Å². The second kappa shape index (κ2) is 20.5. The summed E-state index contributed by atoms with van der Waals surface area (Å²) < 4.78 is 38.7. The Bertz CT molecular complexity index is 1740. The highest BCUT2D eigenvalue weighted by Crippen LogP contribution is 2.80. The third-order valence-corrected chi connectivity index (χ3v) is 16.7. The Kier molecular flexibility index (Phi) is 15.7. The van der Waals surface area contributed by atoms with Crippen molar-refractivity contribution < 1.29 is 53.3 Å². The van der Waals surface area contributed by atoms with Gasteiger partial charge in [0, 0.05) is 82.5 Å². The molecule has 3 N–H and O–H groups in total. The highest BCUT2D eigenvalue weighted by Gasteiger charge is 2.92. The van der Waals surface area contributed by atoms with Gasteiger partial charge in [0.25, 0.3) is 0 Å². The summed E-state index contributed by atoms with van der Waals surface area (Å²) in [6.45, 7) is 5.65. The molecule has 0 radical (unpaired) electrons. The Labute approximate surface area is 376 Å². The smallest absolute Gasteiger partial charge is 0.338 e. The van der Waals surface area contributed by atoms with Crippen LogP contribution in [0.25, 0.3) is 0 Å². The maximum Gasteiger partial charge on any atom is 0.338 e. The Hall–Kier alpha value is -2.68. The van der Waals surface area contributed by atoms with Crippen LogP contribution in [-0.2, 0) is 33.2 Å². The van der Waals surface area contributed by atoms with Gasteiger partial charge in [0.1, 0.15) is 23.9 Å². The van der Waals surface area contributed by atoms with Gasteiger partial charge >= 0.3 is 11.9 Å². The van der Waals surface area contributed by atoms with E-state index in [1.54, 1.807) is 45.6 Å². The molecule has 1 aromatic carbocycles. The molecule has 12 heteroatoms. The van der Waals surface area contributed by atoms with Crippen LogP contribution in [0.1, 0.15) is 121 Å². The molecule has 1 unspecified atom stereocenters. The molecule has 0 aromatic heterocycles. The van der Waals surface area contributed by atoms with Gasteiger partial charge in [-0.15, -0.1) is 0 Å². The van der Waals surface area contributed by atoms with Crippen molar-refractivity contribution in [3.8, 4) is 0 Å². The van der Waals surface area contributed by atoms with E-state index in [1.165, 1.54) is 32.8 Å². The van der Waals surface area contributed by atoms with Crippen LogP contribution in [0.2, 0.25) is 0 Å². The first kappa shape index (κ1) is 48.3. The van der Waals surface area contributed by atoms with E-state index in [4.69, 9.17) is 28.4 Å². The molecule has 5 saturated carbocycles. The van der Waals surface area contributed by atoms with Gasteiger partial charge in [-0.25, -0.2) is 4.79 Å². The molecule has 352 valence electrons. The van der Waals surface area contributed by atoms with Crippen molar-refractivity contribution in [3.05, 3.63) is 60.2 Å². The van der Waals surface area contributed by atoms with Crippen LogP contribution in [0, 0.1) is 34.5 Å². The largest absolute Gasteiger partial charge is 0.455 e. The van der Waals surface area contributed by atoms with Crippen molar-refractivity contribution >= 4 is 11.9 Å². The zero-order chi connectivity index (χ0) is 45.0. The van der Waals surface area contributed by atoms with Crippen LogP contribution >= 0.6 is 0 Å². The number of piperidine rings is 1. The van der Waals surface area contributed by atoms with Crippen LogP contribution in [0.15, 0.2) is 54.6 Å². The molecule has 15 atom stereocenters. The van der Waals surface area contributed by atoms with Crippen LogP contribution < -0.4 is 0 Å². The second-order valence-corrected chi connectivity index (χ2v) is 19.7. The fourth-order valence-electron chi connectivity index (χ4n) is 14.6. The van der Waals surface area contributed by atoms with E-state index in [0.717, 1.165) is 44.9 Å². The van der Waals surface area contributed by atoms with Gasteiger partial charge in [-0.1, -0.05) is 101 Å². The molecular formula is C51H77NO11. The third-order valence-electron chi connectivity index (χ3n) is 16.7. The number of carbonyl (C=O) groups is 2. The van der Waals surface area contributed by atoms with Crippen LogP contribution in [0.5, 0.6) is 0 Å². The SMILES string of the molecule is CCCCCC/C=C\C=C/CCCCCCCCC(=O)O[C@]12[C@H]3[C@@H](OC(=O)c4ccccc4)[C@@](O)(C[C@H]3[C@@]34[C@@H](OC)CC(O)[C@@]5(COC)CN(CC)[C@@H]3[C@@H]1[C@H](OC)[C@H]54)[C@@H](OC)[C@@H]2O. The molecule has 1 aliphatic heterocycles. The molecule has 1 spiro atoms. The Morgan fingerprint density at radius 2 is 1.49 bits per heavy atom. The summed E-state index contributed by atoms with van der Waals surface area (Å²) in [5, 5.41) is 38.4. The topological polar surface area (TPSA) is 153 Å². The summed E-state index contributed by atoms with van der Waals surface area (Å²) in [4.78, 5) is 31.0. The van der Waals surface area contributed by atoms with Crippen LogP contribution in [0.4, 0.5) is 0 Å². The minimum absolute atomic E-state index is 0.0810. The van der Waals surface area contributed by atoms with E-state index in [9.17, 15) is 24.9 Å². The lowest BCUT2D eigenvalue weighted by atomic mass is 9.42.